The van der Waals surface area contributed by atoms with Crippen molar-refractivity contribution >= 4 is 21.6 Å². The second-order valence-corrected chi connectivity index (χ2v) is 3.92. The summed E-state index contributed by atoms with van der Waals surface area (Å²) in [4.78, 5) is 0. The van der Waals surface area contributed by atoms with Gasteiger partial charge in [0.05, 0.1) is 30.5 Å². The van der Waals surface area contributed by atoms with Crippen molar-refractivity contribution in [2.75, 3.05) is 18.5 Å². The van der Waals surface area contributed by atoms with Crippen molar-refractivity contribution in [3.63, 3.8) is 0 Å². The van der Waals surface area contributed by atoms with Gasteiger partial charge in [-0.1, -0.05) is 15.9 Å². The number of nitriles is 1. The molecule has 0 fully saturated rings. The van der Waals surface area contributed by atoms with E-state index in [1.54, 1.807) is 18.2 Å². The highest BCUT2D eigenvalue weighted by molar-refractivity contribution is 9.10. The smallest absolute Gasteiger partial charge is 0.101 e. The van der Waals surface area contributed by atoms with Gasteiger partial charge in [0, 0.05) is 4.47 Å². The highest BCUT2D eigenvalue weighted by Gasteiger charge is 2.08. The molecular formula is C10H11BrN2O2. The Labute approximate surface area is 96.3 Å². The zero-order chi connectivity index (χ0) is 11.3. The second-order valence-electron chi connectivity index (χ2n) is 3.01. The number of hydrogen-bond donors (Lipinski definition) is 3. The molecule has 0 amide bonds. The van der Waals surface area contributed by atoms with Gasteiger partial charge in [0.25, 0.3) is 0 Å². The summed E-state index contributed by atoms with van der Waals surface area (Å²) < 4.78 is 0.814. The van der Waals surface area contributed by atoms with E-state index in [1.807, 2.05) is 6.07 Å². The lowest BCUT2D eigenvalue weighted by molar-refractivity contribution is 0.204. The lowest BCUT2D eigenvalue weighted by Crippen LogP contribution is -2.27. The zero-order valence-electron chi connectivity index (χ0n) is 7.94. The summed E-state index contributed by atoms with van der Waals surface area (Å²) in [5.74, 6) is 0. The molecule has 1 aromatic rings. The molecular weight excluding hydrogens is 260 g/mol. The Morgan fingerprint density at radius 3 is 2.60 bits per heavy atom. The van der Waals surface area contributed by atoms with Crippen LogP contribution in [0.1, 0.15) is 5.56 Å². The summed E-state index contributed by atoms with van der Waals surface area (Å²) in [5.41, 5.74) is 1.07. The van der Waals surface area contributed by atoms with Crippen LogP contribution in [0.15, 0.2) is 22.7 Å². The third-order valence-electron chi connectivity index (χ3n) is 1.90. The summed E-state index contributed by atoms with van der Waals surface area (Å²) in [6.07, 6.45) is 0. The molecule has 0 saturated heterocycles. The van der Waals surface area contributed by atoms with Crippen molar-refractivity contribution < 1.29 is 10.2 Å². The molecule has 0 spiro atoms. The first kappa shape index (κ1) is 12.0. The minimum atomic E-state index is -0.446. The van der Waals surface area contributed by atoms with E-state index < -0.39 is 6.04 Å². The van der Waals surface area contributed by atoms with Crippen LogP contribution in [0.2, 0.25) is 0 Å². The van der Waals surface area contributed by atoms with E-state index in [9.17, 15) is 0 Å². The molecule has 1 rings (SSSR count). The molecule has 0 saturated carbocycles. The molecule has 0 radical (unpaired) electrons. The largest absolute Gasteiger partial charge is 0.394 e. The molecule has 80 valence electrons. The van der Waals surface area contributed by atoms with Gasteiger partial charge in [0.15, 0.2) is 0 Å². The van der Waals surface area contributed by atoms with Crippen molar-refractivity contribution in [2.24, 2.45) is 0 Å². The molecule has 1 aromatic carbocycles. The van der Waals surface area contributed by atoms with Crippen LogP contribution in [-0.4, -0.2) is 29.5 Å². The average Bonchev–Trinajstić information content (AvgIpc) is 2.27. The number of benzene rings is 1. The first-order valence-corrected chi connectivity index (χ1v) is 5.18. The number of anilines is 1. The maximum absolute atomic E-state index is 8.89. The fourth-order valence-electron chi connectivity index (χ4n) is 1.10. The number of aliphatic hydroxyl groups is 2. The van der Waals surface area contributed by atoms with Crippen molar-refractivity contribution in [1.29, 1.82) is 5.26 Å². The minimum Gasteiger partial charge on any atom is -0.394 e. The summed E-state index contributed by atoms with van der Waals surface area (Å²) in [7, 11) is 0. The zero-order valence-corrected chi connectivity index (χ0v) is 9.53. The first-order valence-electron chi connectivity index (χ1n) is 4.39. The Bertz CT molecular complexity index is 372. The summed E-state index contributed by atoms with van der Waals surface area (Å²) in [6.45, 7) is -0.366. The molecule has 4 nitrogen and oxygen atoms in total. The van der Waals surface area contributed by atoms with Crippen molar-refractivity contribution in [1.82, 2.24) is 0 Å². The Morgan fingerprint density at radius 1 is 1.40 bits per heavy atom. The number of nitrogens with zero attached hydrogens (tertiary/aromatic N) is 1. The fraction of sp³-hybridized carbons (Fsp3) is 0.300. The molecule has 0 atom stereocenters. The molecule has 0 unspecified atom stereocenters. The van der Waals surface area contributed by atoms with Gasteiger partial charge in [-0.2, -0.15) is 5.26 Å². The number of halogens is 1. The quantitative estimate of drug-likeness (QED) is 0.766. The van der Waals surface area contributed by atoms with Gasteiger partial charge < -0.3 is 15.5 Å². The van der Waals surface area contributed by atoms with E-state index in [4.69, 9.17) is 15.5 Å². The predicted molar refractivity (Wildman–Crippen MR) is 60.4 cm³/mol. The lowest BCUT2D eigenvalue weighted by atomic mass is 10.2. The van der Waals surface area contributed by atoms with E-state index in [1.165, 1.54) is 0 Å². The van der Waals surface area contributed by atoms with Gasteiger partial charge >= 0.3 is 0 Å². The third-order valence-corrected chi connectivity index (χ3v) is 2.40. The normalized spacial score (nSPS) is 10.1. The third kappa shape index (κ3) is 3.20. The van der Waals surface area contributed by atoms with Crippen LogP contribution in [-0.2, 0) is 0 Å². The lowest BCUT2D eigenvalue weighted by Gasteiger charge is -2.15. The second kappa shape index (κ2) is 5.71. The highest BCUT2D eigenvalue weighted by atomic mass is 79.9. The number of nitrogens with one attached hydrogen (secondary N) is 1. The molecule has 0 bridgehead atoms. The Balaban J connectivity index is 2.90. The van der Waals surface area contributed by atoms with Gasteiger partial charge in [0.1, 0.15) is 6.07 Å². The van der Waals surface area contributed by atoms with Crippen LogP contribution >= 0.6 is 15.9 Å². The molecule has 15 heavy (non-hydrogen) atoms. The van der Waals surface area contributed by atoms with Gasteiger partial charge in [-0.3, -0.25) is 0 Å². The maximum atomic E-state index is 8.89. The van der Waals surface area contributed by atoms with Crippen LogP contribution in [0.5, 0.6) is 0 Å². The van der Waals surface area contributed by atoms with Crippen LogP contribution < -0.4 is 5.32 Å². The number of hydrogen-bond acceptors (Lipinski definition) is 4. The molecule has 0 aliphatic carbocycles. The van der Waals surface area contributed by atoms with E-state index >= 15 is 0 Å². The van der Waals surface area contributed by atoms with Gasteiger partial charge in [0.2, 0.25) is 0 Å². The number of rotatable bonds is 4. The monoisotopic (exact) mass is 270 g/mol. The number of aliphatic hydroxyl groups excluding tert-OH is 2. The van der Waals surface area contributed by atoms with Crippen LogP contribution in [0.25, 0.3) is 0 Å². The van der Waals surface area contributed by atoms with Gasteiger partial charge in [-0.25, -0.2) is 0 Å². The van der Waals surface area contributed by atoms with E-state index in [2.05, 4.69) is 21.2 Å². The minimum absolute atomic E-state index is 0.183. The highest BCUT2D eigenvalue weighted by Crippen LogP contribution is 2.20. The molecule has 5 heteroatoms. The van der Waals surface area contributed by atoms with Gasteiger partial charge in [-0.05, 0) is 18.2 Å². The summed E-state index contributed by atoms with van der Waals surface area (Å²) in [6, 6.07) is 6.77. The SMILES string of the molecule is N#Cc1cc(Br)ccc1NC(CO)CO. The van der Waals surface area contributed by atoms with Crippen molar-refractivity contribution in [3.8, 4) is 6.07 Å². The predicted octanol–water partition coefficient (Wildman–Crippen LogP) is 1.09. The molecule has 0 heterocycles. The average molecular weight is 271 g/mol. The Hall–Kier alpha value is -1.09. The molecule has 3 N–H and O–H groups in total. The van der Waals surface area contributed by atoms with Gasteiger partial charge in [-0.15, -0.1) is 0 Å². The standard InChI is InChI=1S/C10H11BrN2O2/c11-8-1-2-10(7(3-8)4-12)13-9(5-14)6-15/h1-3,9,13-15H,5-6H2. The summed E-state index contributed by atoms with van der Waals surface area (Å²) in [5, 5.41) is 29.5. The Kier molecular flexibility index (Phi) is 4.56. The Morgan fingerprint density at radius 2 is 2.07 bits per heavy atom. The van der Waals surface area contributed by atoms with E-state index in [0.717, 1.165) is 4.47 Å². The van der Waals surface area contributed by atoms with Crippen LogP contribution in [0, 0.1) is 11.3 Å². The first-order chi connectivity index (χ1) is 7.21. The molecule has 0 aromatic heterocycles. The van der Waals surface area contributed by atoms with Crippen LogP contribution in [0.3, 0.4) is 0 Å². The van der Waals surface area contributed by atoms with E-state index in [-0.39, 0.29) is 13.2 Å². The maximum Gasteiger partial charge on any atom is 0.101 e. The van der Waals surface area contributed by atoms with Crippen molar-refractivity contribution in [3.05, 3.63) is 28.2 Å². The topological polar surface area (TPSA) is 76.3 Å². The van der Waals surface area contributed by atoms with Crippen LogP contribution in [0.4, 0.5) is 5.69 Å². The fourth-order valence-corrected chi connectivity index (χ4v) is 1.46. The van der Waals surface area contributed by atoms with E-state index in [0.29, 0.717) is 11.3 Å². The molecule has 0 aliphatic heterocycles. The van der Waals surface area contributed by atoms with Crippen molar-refractivity contribution in [2.45, 2.75) is 6.04 Å². The molecule has 0 aliphatic rings. The summed E-state index contributed by atoms with van der Waals surface area (Å²) >= 11 is 3.26.